The maximum Gasteiger partial charge on any atom is 0.201 e. The SMILES string of the molecule is COc1cccc2c1nc(N)n2C1CCCN(C)C1. The number of hydrogen-bond donors (Lipinski definition) is 1. The Morgan fingerprint density at radius 3 is 3.00 bits per heavy atom. The minimum Gasteiger partial charge on any atom is -0.494 e. The molecule has 1 saturated heterocycles. The Bertz CT molecular complexity index is 592. The van der Waals surface area contributed by atoms with Crippen LogP contribution in [-0.4, -0.2) is 41.7 Å². The summed E-state index contributed by atoms with van der Waals surface area (Å²) in [6.45, 7) is 2.18. The van der Waals surface area contributed by atoms with Crippen molar-refractivity contribution in [2.24, 2.45) is 0 Å². The zero-order valence-electron chi connectivity index (χ0n) is 11.5. The predicted octanol–water partition coefficient (Wildman–Crippen LogP) is 1.89. The smallest absolute Gasteiger partial charge is 0.201 e. The van der Waals surface area contributed by atoms with Gasteiger partial charge >= 0.3 is 0 Å². The molecule has 5 nitrogen and oxygen atoms in total. The average molecular weight is 260 g/mol. The molecular weight excluding hydrogens is 240 g/mol. The van der Waals surface area contributed by atoms with Gasteiger partial charge in [0.2, 0.25) is 5.95 Å². The number of fused-ring (bicyclic) bond motifs is 1. The summed E-state index contributed by atoms with van der Waals surface area (Å²) >= 11 is 0. The molecule has 0 bridgehead atoms. The van der Waals surface area contributed by atoms with Crippen LogP contribution >= 0.6 is 0 Å². The van der Waals surface area contributed by atoms with Crippen LogP contribution in [0.3, 0.4) is 0 Å². The number of nitrogens with two attached hydrogens (primary N) is 1. The zero-order valence-corrected chi connectivity index (χ0v) is 11.5. The number of para-hydroxylation sites is 1. The lowest BCUT2D eigenvalue weighted by Gasteiger charge is -2.31. The molecule has 2 heterocycles. The van der Waals surface area contributed by atoms with Crippen LogP contribution in [0, 0.1) is 0 Å². The number of benzene rings is 1. The molecule has 1 aromatic carbocycles. The van der Waals surface area contributed by atoms with Gasteiger partial charge in [0.05, 0.1) is 12.6 Å². The van der Waals surface area contributed by atoms with Crippen LogP contribution in [0.1, 0.15) is 18.9 Å². The van der Waals surface area contributed by atoms with Crippen LogP contribution in [-0.2, 0) is 0 Å². The standard InChI is InChI=1S/C14H20N4O/c1-17-8-4-5-10(9-17)18-11-6-3-7-12(19-2)13(11)16-14(18)15/h3,6-7,10H,4-5,8-9H2,1-2H3,(H2,15,16). The predicted molar refractivity (Wildman–Crippen MR) is 76.5 cm³/mol. The van der Waals surface area contributed by atoms with E-state index in [1.165, 1.54) is 6.42 Å². The summed E-state index contributed by atoms with van der Waals surface area (Å²) in [6.07, 6.45) is 2.35. The minimum absolute atomic E-state index is 0.399. The lowest BCUT2D eigenvalue weighted by Crippen LogP contribution is -2.33. The minimum atomic E-state index is 0.399. The van der Waals surface area contributed by atoms with E-state index in [4.69, 9.17) is 10.5 Å². The molecule has 0 spiro atoms. The first kappa shape index (κ1) is 12.3. The van der Waals surface area contributed by atoms with E-state index < -0.39 is 0 Å². The topological polar surface area (TPSA) is 56.3 Å². The van der Waals surface area contributed by atoms with Gasteiger partial charge in [0.1, 0.15) is 11.3 Å². The molecule has 0 amide bonds. The first-order valence-corrected chi connectivity index (χ1v) is 6.69. The molecule has 3 rings (SSSR count). The molecule has 1 aliphatic rings. The van der Waals surface area contributed by atoms with E-state index in [0.717, 1.165) is 36.3 Å². The molecule has 1 aromatic heterocycles. The number of likely N-dealkylation sites (tertiary alicyclic amines) is 1. The fraction of sp³-hybridized carbons (Fsp3) is 0.500. The number of piperidine rings is 1. The first-order valence-electron chi connectivity index (χ1n) is 6.69. The van der Waals surface area contributed by atoms with Crippen molar-refractivity contribution < 1.29 is 4.74 Å². The van der Waals surface area contributed by atoms with Crippen LogP contribution in [0.2, 0.25) is 0 Å². The highest BCUT2D eigenvalue weighted by atomic mass is 16.5. The molecule has 0 aliphatic carbocycles. The molecule has 2 N–H and O–H groups in total. The van der Waals surface area contributed by atoms with Crippen molar-refractivity contribution in [3.63, 3.8) is 0 Å². The molecular formula is C14H20N4O. The number of nitrogen functional groups attached to an aromatic ring is 1. The number of methoxy groups -OCH3 is 1. The molecule has 1 fully saturated rings. The third-order valence-electron chi connectivity index (χ3n) is 3.90. The third kappa shape index (κ3) is 2.04. The van der Waals surface area contributed by atoms with Gasteiger partial charge in [0.15, 0.2) is 0 Å². The second-order valence-electron chi connectivity index (χ2n) is 5.23. The van der Waals surface area contributed by atoms with Crippen molar-refractivity contribution in [3.8, 4) is 5.75 Å². The van der Waals surface area contributed by atoms with Crippen molar-refractivity contribution >= 4 is 17.0 Å². The van der Waals surface area contributed by atoms with Gasteiger partial charge in [-0.15, -0.1) is 0 Å². The number of likely N-dealkylation sites (N-methyl/N-ethyl adjacent to an activating group) is 1. The van der Waals surface area contributed by atoms with Crippen LogP contribution in [0.4, 0.5) is 5.95 Å². The van der Waals surface area contributed by atoms with E-state index in [1.807, 2.05) is 12.1 Å². The van der Waals surface area contributed by atoms with E-state index >= 15 is 0 Å². The number of hydrogen-bond acceptors (Lipinski definition) is 4. The number of aromatic nitrogens is 2. The Kier molecular flexibility index (Phi) is 3.06. The second kappa shape index (κ2) is 4.74. The van der Waals surface area contributed by atoms with Gasteiger partial charge in [-0.3, -0.25) is 0 Å². The van der Waals surface area contributed by atoms with Gasteiger partial charge in [-0.2, -0.15) is 0 Å². The average Bonchev–Trinajstić information content (AvgIpc) is 2.74. The Hall–Kier alpha value is -1.75. The lowest BCUT2D eigenvalue weighted by atomic mass is 10.1. The second-order valence-corrected chi connectivity index (χ2v) is 5.23. The van der Waals surface area contributed by atoms with E-state index in [1.54, 1.807) is 7.11 Å². The molecule has 1 atom stereocenters. The fourth-order valence-corrected chi connectivity index (χ4v) is 3.01. The van der Waals surface area contributed by atoms with Gasteiger partial charge in [0.25, 0.3) is 0 Å². The number of imidazole rings is 1. The highest BCUT2D eigenvalue weighted by molar-refractivity contribution is 5.84. The van der Waals surface area contributed by atoms with Gasteiger partial charge in [0, 0.05) is 12.6 Å². The summed E-state index contributed by atoms with van der Waals surface area (Å²) < 4.78 is 7.52. The summed E-state index contributed by atoms with van der Waals surface area (Å²) in [5.41, 5.74) is 8.05. The molecule has 1 unspecified atom stereocenters. The van der Waals surface area contributed by atoms with Crippen molar-refractivity contribution in [1.82, 2.24) is 14.5 Å². The Labute approximate surface area is 113 Å². The first-order chi connectivity index (χ1) is 9.20. The van der Waals surface area contributed by atoms with Crippen molar-refractivity contribution in [2.75, 3.05) is 33.0 Å². The van der Waals surface area contributed by atoms with E-state index in [2.05, 4.69) is 27.6 Å². The highest BCUT2D eigenvalue weighted by Gasteiger charge is 2.23. The highest BCUT2D eigenvalue weighted by Crippen LogP contribution is 2.32. The van der Waals surface area contributed by atoms with Crippen LogP contribution < -0.4 is 10.5 Å². The van der Waals surface area contributed by atoms with Crippen molar-refractivity contribution in [2.45, 2.75) is 18.9 Å². The molecule has 0 saturated carbocycles. The summed E-state index contributed by atoms with van der Waals surface area (Å²) in [5, 5.41) is 0. The Morgan fingerprint density at radius 2 is 2.26 bits per heavy atom. The number of ether oxygens (including phenoxy) is 1. The molecule has 0 radical (unpaired) electrons. The van der Waals surface area contributed by atoms with E-state index in [0.29, 0.717) is 12.0 Å². The van der Waals surface area contributed by atoms with E-state index in [-0.39, 0.29) is 0 Å². The van der Waals surface area contributed by atoms with Crippen LogP contribution in [0.25, 0.3) is 11.0 Å². The van der Waals surface area contributed by atoms with Crippen molar-refractivity contribution in [3.05, 3.63) is 18.2 Å². The number of anilines is 1. The van der Waals surface area contributed by atoms with E-state index in [9.17, 15) is 0 Å². The van der Waals surface area contributed by atoms with Gasteiger partial charge in [-0.05, 0) is 38.6 Å². The number of nitrogens with zero attached hydrogens (tertiary/aromatic N) is 3. The Balaban J connectivity index is 2.10. The Morgan fingerprint density at radius 1 is 1.42 bits per heavy atom. The zero-order chi connectivity index (χ0) is 13.4. The normalized spacial score (nSPS) is 20.8. The quantitative estimate of drug-likeness (QED) is 0.896. The van der Waals surface area contributed by atoms with Crippen molar-refractivity contribution in [1.29, 1.82) is 0 Å². The van der Waals surface area contributed by atoms with Crippen LogP contribution in [0.15, 0.2) is 18.2 Å². The summed E-state index contributed by atoms with van der Waals surface area (Å²) in [7, 11) is 3.82. The fourth-order valence-electron chi connectivity index (χ4n) is 3.01. The third-order valence-corrected chi connectivity index (χ3v) is 3.90. The van der Waals surface area contributed by atoms with Gasteiger partial charge in [-0.25, -0.2) is 4.98 Å². The lowest BCUT2D eigenvalue weighted by molar-refractivity contribution is 0.216. The molecule has 5 heteroatoms. The molecule has 102 valence electrons. The molecule has 2 aromatic rings. The maximum atomic E-state index is 6.13. The van der Waals surface area contributed by atoms with Gasteiger partial charge < -0.3 is 19.9 Å². The molecule has 19 heavy (non-hydrogen) atoms. The van der Waals surface area contributed by atoms with Gasteiger partial charge in [-0.1, -0.05) is 6.07 Å². The largest absolute Gasteiger partial charge is 0.494 e. The maximum absolute atomic E-state index is 6.13. The summed E-state index contributed by atoms with van der Waals surface area (Å²) in [4.78, 5) is 6.83. The van der Waals surface area contributed by atoms with Crippen LogP contribution in [0.5, 0.6) is 5.75 Å². The molecule has 1 aliphatic heterocycles. The summed E-state index contributed by atoms with van der Waals surface area (Å²) in [6, 6.07) is 6.38. The summed E-state index contributed by atoms with van der Waals surface area (Å²) in [5.74, 6) is 1.37. The number of rotatable bonds is 2. The monoisotopic (exact) mass is 260 g/mol.